The fourth-order valence-electron chi connectivity index (χ4n) is 2.72. The molecule has 0 heterocycles. The van der Waals surface area contributed by atoms with Crippen LogP contribution in [0.4, 0.5) is 0 Å². The molecule has 0 N–H and O–H groups in total. The van der Waals surface area contributed by atoms with E-state index < -0.39 is 0 Å². The van der Waals surface area contributed by atoms with E-state index in [1.165, 1.54) is 16.4 Å². The van der Waals surface area contributed by atoms with Crippen LogP contribution in [0.15, 0.2) is 72.8 Å². The molecule has 0 aliphatic rings. The second-order valence-corrected chi connectivity index (χ2v) is 6.70. The highest BCUT2D eigenvalue weighted by Crippen LogP contribution is 2.32. The first-order chi connectivity index (χ1) is 11.8. The van der Waals surface area contributed by atoms with Crippen LogP contribution in [0.2, 0.25) is 0 Å². The van der Waals surface area contributed by atoms with E-state index in [9.17, 15) is 0 Å². The molecule has 0 fully saturated rings. The Balaban J connectivity index is 1.87. The van der Waals surface area contributed by atoms with Crippen LogP contribution in [0.3, 0.4) is 0 Å². The molecule has 3 aromatic rings. The smallest absolute Gasteiger partial charge is 0.126 e. The van der Waals surface area contributed by atoms with Gasteiger partial charge in [-0.1, -0.05) is 63.2 Å². The summed E-state index contributed by atoms with van der Waals surface area (Å²) < 4.78 is 10.9. The lowest BCUT2D eigenvalue weighted by molar-refractivity contribution is 0.414. The van der Waals surface area contributed by atoms with Gasteiger partial charge in [-0.05, 0) is 40.8 Å². The maximum absolute atomic E-state index is 5.53. The Hall–Kier alpha value is -2.31. The molecule has 3 aromatic carbocycles. The van der Waals surface area contributed by atoms with E-state index in [2.05, 4.69) is 48.5 Å². The number of hydrogen-bond donors (Lipinski definition) is 0. The second kappa shape index (κ2) is 7.99. The molecule has 0 saturated heterocycles. The maximum Gasteiger partial charge on any atom is 0.126 e. The van der Waals surface area contributed by atoms with Gasteiger partial charge in [0.25, 0.3) is 0 Å². The van der Waals surface area contributed by atoms with Crippen molar-refractivity contribution in [3.63, 3.8) is 0 Å². The summed E-state index contributed by atoms with van der Waals surface area (Å²) in [6, 6.07) is 25.1. The van der Waals surface area contributed by atoms with Gasteiger partial charge < -0.3 is 9.47 Å². The minimum atomic E-state index is 0.691. The fraction of sp³-hybridized carbons (Fsp3) is 0.143. The Bertz CT molecular complexity index is 814. The van der Waals surface area contributed by atoms with E-state index in [0.29, 0.717) is 8.58 Å². The Labute approximate surface area is 145 Å². The Morgan fingerprint density at radius 3 is 2.29 bits per heavy atom. The van der Waals surface area contributed by atoms with Gasteiger partial charge in [0, 0.05) is 5.56 Å². The lowest BCUT2D eigenvalue weighted by Crippen LogP contribution is -2.01. The molecule has 0 spiro atoms. The molecule has 2 nitrogen and oxygen atoms in total. The van der Waals surface area contributed by atoms with Crippen LogP contribution in [0.25, 0.3) is 11.1 Å². The third-order valence-electron chi connectivity index (χ3n) is 3.94. The third kappa shape index (κ3) is 3.77. The van der Waals surface area contributed by atoms with Crippen molar-refractivity contribution in [1.82, 2.24) is 0 Å². The number of benzene rings is 3. The van der Waals surface area contributed by atoms with Crippen molar-refractivity contribution in [2.45, 2.75) is 6.16 Å². The second-order valence-electron chi connectivity index (χ2n) is 5.45. The van der Waals surface area contributed by atoms with Gasteiger partial charge in [0.15, 0.2) is 0 Å². The molecule has 3 heteroatoms. The van der Waals surface area contributed by atoms with Crippen LogP contribution in [-0.2, 0) is 6.16 Å². The van der Waals surface area contributed by atoms with Crippen molar-refractivity contribution in [2.24, 2.45) is 0 Å². The average molecular weight is 336 g/mol. The van der Waals surface area contributed by atoms with E-state index in [0.717, 1.165) is 23.2 Å². The predicted molar refractivity (Wildman–Crippen MR) is 103 cm³/mol. The highest BCUT2D eigenvalue weighted by Gasteiger charge is 2.09. The zero-order valence-electron chi connectivity index (χ0n) is 14.0. The van der Waals surface area contributed by atoms with Crippen molar-refractivity contribution in [3.05, 3.63) is 78.4 Å². The summed E-state index contributed by atoms with van der Waals surface area (Å²) in [7, 11) is 4.12. The molecule has 1 unspecified atom stereocenters. The van der Waals surface area contributed by atoms with Gasteiger partial charge >= 0.3 is 0 Å². The van der Waals surface area contributed by atoms with Gasteiger partial charge in [-0.15, -0.1) is 0 Å². The van der Waals surface area contributed by atoms with Crippen LogP contribution in [0.1, 0.15) is 5.56 Å². The van der Waals surface area contributed by atoms with Gasteiger partial charge in [0.2, 0.25) is 0 Å². The highest BCUT2D eigenvalue weighted by atomic mass is 31.1. The third-order valence-corrected chi connectivity index (χ3v) is 5.34. The van der Waals surface area contributed by atoms with Crippen LogP contribution < -0.4 is 14.8 Å². The summed E-state index contributed by atoms with van der Waals surface area (Å²) in [6.07, 6.45) is 1.00. The summed E-state index contributed by atoms with van der Waals surface area (Å²) in [5, 5.41) is 1.35. The molecule has 0 bridgehead atoms. The first-order valence-electron chi connectivity index (χ1n) is 7.91. The zero-order chi connectivity index (χ0) is 16.8. The molecule has 0 saturated carbocycles. The molecule has 0 amide bonds. The van der Waals surface area contributed by atoms with E-state index in [1.807, 2.05) is 24.3 Å². The first kappa shape index (κ1) is 16.5. The Morgan fingerprint density at radius 1 is 0.750 bits per heavy atom. The molecule has 1 atom stereocenters. The van der Waals surface area contributed by atoms with E-state index in [-0.39, 0.29) is 0 Å². The summed E-state index contributed by atoms with van der Waals surface area (Å²) >= 11 is 0. The standard InChI is InChI=1S/C21H21O2P/c1-22-17-9-7-8-16(14-17)15-24-21-13-6-4-11-19(21)18-10-3-5-12-20(18)23-2/h3-14,24H,15H2,1-2H3. The van der Waals surface area contributed by atoms with Gasteiger partial charge in [-0.3, -0.25) is 0 Å². The molecule has 0 aliphatic carbocycles. The lowest BCUT2D eigenvalue weighted by Gasteiger charge is -2.13. The molecule has 0 aliphatic heterocycles. The maximum atomic E-state index is 5.53. The summed E-state index contributed by atoms with van der Waals surface area (Å²) in [5.74, 6) is 1.83. The van der Waals surface area contributed by atoms with Crippen molar-refractivity contribution < 1.29 is 9.47 Å². The number of rotatable bonds is 6. The molecule has 122 valence electrons. The average Bonchev–Trinajstić information content (AvgIpc) is 2.66. The first-order valence-corrected chi connectivity index (χ1v) is 9.12. The lowest BCUT2D eigenvalue weighted by atomic mass is 10.0. The van der Waals surface area contributed by atoms with Gasteiger partial charge in [0.05, 0.1) is 14.2 Å². The van der Waals surface area contributed by atoms with Crippen molar-refractivity contribution in [1.29, 1.82) is 0 Å². The largest absolute Gasteiger partial charge is 0.497 e. The summed E-state index contributed by atoms with van der Waals surface area (Å²) in [6.45, 7) is 0. The van der Waals surface area contributed by atoms with Gasteiger partial charge in [-0.25, -0.2) is 0 Å². The zero-order valence-corrected chi connectivity index (χ0v) is 15.0. The minimum Gasteiger partial charge on any atom is -0.497 e. The Kier molecular flexibility index (Phi) is 5.51. The van der Waals surface area contributed by atoms with E-state index in [4.69, 9.17) is 9.47 Å². The summed E-state index contributed by atoms with van der Waals surface area (Å²) in [4.78, 5) is 0. The van der Waals surface area contributed by atoms with Crippen molar-refractivity contribution in [3.8, 4) is 22.6 Å². The molecule has 0 aromatic heterocycles. The Morgan fingerprint density at radius 2 is 1.50 bits per heavy atom. The fourth-order valence-corrected chi connectivity index (χ4v) is 3.96. The van der Waals surface area contributed by atoms with E-state index in [1.54, 1.807) is 14.2 Å². The van der Waals surface area contributed by atoms with Crippen LogP contribution >= 0.6 is 8.58 Å². The van der Waals surface area contributed by atoms with Crippen molar-refractivity contribution >= 4 is 13.9 Å². The van der Waals surface area contributed by atoms with Gasteiger partial charge in [-0.2, -0.15) is 0 Å². The molecule has 3 rings (SSSR count). The molecule has 24 heavy (non-hydrogen) atoms. The number of para-hydroxylation sites is 1. The molecular formula is C21H21O2P. The SMILES string of the molecule is COc1cccc(CPc2ccccc2-c2ccccc2OC)c1. The topological polar surface area (TPSA) is 18.5 Å². The molecule has 0 radical (unpaired) electrons. The van der Waals surface area contributed by atoms with Crippen molar-refractivity contribution in [2.75, 3.05) is 14.2 Å². The monoisotopic (exact) mass is 336 g/mol. The summed E-state index contributed by atoms with van der Waals surface area (Å²) in [5.41, 5.74) is 3.69. The number of hydrogen-bond acceptors (Lipinski definition) is 2. The predicted octanol–water partition coefficient (Wildman–Crippen LogP) is 4.87. The van der Waals surface area contributed by atoms with Crippen LogP contribution in [-0.4, -0.2) is 14.2 Å². The number of methoxy groups -OCH3 is 2. The quantitative estimate of drug-likeness (QED) is 0.598. The minimum absolute atomic E-state index is 0.691. The van der Waals surface area contributed by atoms with Gasteiger partial charge in [0.1, 0.15) is 11.5 Å². The molecular weight excluding hydrogens is 315 g/mol. The van der Waals surface area contributed by atoms with E-state index >= 15 is 0 Å². The normalized spacial score (nSPS) is 10.9. The number of ether oxygens (including phenoxy) is 2. The highest BCUT2D eigenvalue weighted by molar-refractivity contribution is 7.46. The van der Waals surface area contributed by atoms with Crippen LogP contribution in [0.5, 0.6) is 11.5 Å². The van der Waals surface area contributed by atoms with Crippen LogP contribution in [0, 0.1) is 0 Å².